The van der Waals surface area contributed by atoms with Crippen LogP contribution in [0.5, 0.6) is 5.75 Å². The number of para-hydroxylation sites is 1. The molecular weight excluding hydrogens is 490 g/mol. The van der Waals surface area contributed by atoms with E-state index in [2.05, 4.69) is 15.0 Å². The predicted octanol–water partition coefficient (Wildman–Crippen LogP) is 3.87. The number of sulfonamides is 1. The van der Waals surface area contributed by atoms with Gasteiger partial charge in [0.1, 0.15) is 5.75 Å². The van der Waals surface area contributed by atoms with Gasteiger partial charge in [-0.05, 0) is 66.9 Å². The van der Waals surface area contributed by atoms with E-state index >= 15 is 0 Å². The number of ether oxygens (including phenoxy) is 1. The van der Waals surface area contributed by atoms with Crippen LogP contribution < -0.4 is 14.8 Å². The van der Waals surface area contributed by atoms with Crippen molar-refractivity contribution in [3.05, 3.63) is 84.1 Å². The number of H-pyrrole nitrogens is 1. The summed E-state index contributed by atoms with van der Waals surface area (Å²) in [6.45, 7) is 2.18. The summed E-state index contributed by atoms with van der Waals surface area (Å²) in [5.41, 5.74) is 3.61. The Balaban J connectivity index is 1.63. The molecule has 4 aromatic rings. The Bertz CT molecular complexity index is 1500. The van der Waals surface area contributed by atoms with Crippen LogP contribution in [0.25, 0.3) is 22.0 Å². The molecule has 0 fully saturated rings. The van der Waals surface area contributed by atoms with Crippen molar-refractivity contribution in [2.45, 2.75) is 30.7 Å². The lowest BCUT2D eigenvalue weighted by molar-refractivity contribution is 0.0912. The Morgan fingerprint density at radius 3 is 2.59 bits per heavy atom. The first-order chi connectivity index (χ1) is 17.9. The van der Waals surface area contributed by atoms with E-state index in [4.69, 9.17) is 4.74 Å². The highest BCUT2D eigenvalue weighted by Crippen LogP contribution is 2.29. The average Bonchev–Trinajstić information content (AvgIpc) is 3.34. The normalized spacial score (nSPS) is 12.4. The first-order valence-electron chi connectivity index (χ1n) is 12.1. The van der Waals surface area contributed by atoms with E-state index in [0.29, 0.717) is 35.5 Å². The van der Waals surface area contributed by atoms with Crippen LogP contribution in [0.4, 0.5) is 0 Å². The molecule has 9 heteroatoms. The summed E-state index contributed by atoms with van der Waals surface area (Å²) >= 11 is 0. The quantitative estimate of drug-likeness (QED) is 0.239. The van der Waals surface area contributed by atoms with Gasteiger partial charge >= 0.3 is 0 Å². The molecule has 194 valence electrons. The van der Waals surface area contributed by atoms with Crippen molar-refractivity contribution in [2.24, 2.45) is 0 Å². The van der Waals surface area contributed by atoms with E-state index in [1.54, 1.807) is 36.4 Å². The molecule has 1 amide bonds. The summed E-state index contributed by atoms with van der Waals surface area (Å²) in [5, 5.41) is 14.0. The fraction of sp³-hybridized carbons (Fsp3) is 0.250. The first-order valence-corrected chi connectivity index (χ1v) is 13.6. The van der Waals surface area contributed by atoms with Gasteiger partial charge in [-0.15, -0.1) is 0 Å². The molecule has 4 N–H and O–H groups in total. The molecule has 3 aromatic carbocycles. The maximum Gasteiger partial charge on any atom is 0.255 e. The molecule has 4 rings (SSSR count). The average molecular weight is 522 g/mol. The summed E-state index contributed by atoms with van der Waals surface area (Å²) in [6, 6.07) is 19.1. The van der Waals surface area contributed by atoms with Gasteiger partial charge in [0.25, 0.3) is 5.91 Å². The van der Waals surface area contributed by atoms with E-state index in [-0.39, 0.29) is 17.4 Å². The van der Waals surface area contributed by atoms with Crippen molar-refractivity contribution < 1.29 is 23.1 Å². The SMILES string of the molecule is CCCOc1ccc(-c2cccc(S(=O)(=O)NC)c2)cc1C(=O)N[C@@H](CO)Cc1c[nH]c2ccccc12. The van der Waals surface area contributed by atoms with Crippen molar-refractivity contribution in [3.8, 4) is 16.9 Å². The van der Waals surface area contributed by atoms with Crippen molar-refractivity contribution in [1.29, 1.82) is 0 Å². The van der Waals surface area contributed by atoms with Gasteiger partial charge in [0, 0.05) is 17.1 Å². The third-order valence-electron chi connectivity index (χ3n) is 6.13. The molecule has 0 aliphatic carbocycles. The maximum atomic E-state index is 13.4. The lowest BCUT2D eigenvalue weighted by Crippen LogP contribution is -2.39. The Kier molecular flexibility index (Phi) is 8.27. The second kappa shape index (κ2) is 11.6. The Morgan fingerprint density at radius 1 is 1.05 bits per heavy atom. The maximum absolute atomic E-state index is 13.4. The van der Waals surface area contributed by atoms with Crippen molar-refractivity contribution in [3.63, 3.8) is 0 Å². The first kappa shape index (κ1) is 26.4. The molecule has 0 radical (unpaired) electrons. The fourth-order valence-electron chi connectivity index (χ4n) is 4.18. The van der Waals surface area contributed by atoms with Crippen LogP contribution in [0.2, 0.25) is 0 Å². The van der Waals surface area contributed by atoms with E-state index in [1.165, 1.54) is 13.1 Å². The Morgan fingerprint density at radius 2 is 1.84 bits per heavy atom. The number of hydrogen-bond acceptors (Lipinski definition) is 5. The van der Waals surface area contributed by atoms with Crippen LogP contribution in [0, 0.1) is 0 Å². The lowest BCUT2D eigenvalue weighted by Gasteiger charge is -2.18. The summed E-state index contributed by atoms with van der Waals surface area (Å²) in [7, 11) is -2.26. The zero-order valence-electron chi connectivity index (χ0n) is 20.8. The highest BCUT2D eigenvalue weighted by molar-refractivity contribution is 7.89. The number of hydrogen-bond donors (Lipinski definition) is 4. The number of carbonyl (C=O) groups is 1. The second-order valence-electron chi connectivity index (χ2n) is 8.71. The number of fused-ring (bicyclic) bond motifs is 1. The lowest BCUT2D eigenvalue weighted by atomic mass is 10.0. The number of carbonyl (C=O) groups excluding carboxylic acids is 1. The summed E-state index contributed by atoms with van der Waals surface area (Å²) in [5.74, 6) is 0.0386. The van der Waals surface area contributed by atoms with Crippen LogP contribution in [0.3, 0.4) is 0 Å². The van der Waals surface area contributed by atoms with Gasteiger partial charge in [-0.3, -0.25) is 4.79 Å². The van der Waals surface area contributed by atoms with Crippen LogP contribution >= 0.6 is 0 Å². The molecule has 0 bridgehead atoms. The van der Waals surface area contributed by atoms with Crippen molar-refractivity contribution >= 4 is 26.8 Å². The van der Waals surface area contributed by atoms with Crippen molar-refractivity contribution in [1.82, 2.24) is 15.0 Å². The molecule has 0 aliphatic heterocycles. The number of aliphatic hydroxyl groups is 1. The van der Waals surface area contributed by atoms with Crippen LogP contribution in [-0.4, -0.2) is 50.7 Å². The molecule has 1 heterocycles. The van der Waals surface area contributed by atoms with Crippen LogP contribution in [0.15, 0.2) is 77.8 Å². The largest absolute Gasteiger partial charge is 0.493 e. The number of benzene rings is 3. The zero-order valence-corrected chi connectivity index (χ0v) is 21.6. The molecule has 1 atom stereocenters. The summed E-state index contributed by atoms with van der Waals surface area (Å²) in [4.78, 5) is 16.8. The minimum absolute atomic E-state index is 0.129. The number of nitrogens with one attached hydrogen (secondary N) is 3. The molecule has 0 saturated heterocycles. The Labute approximate surface area is 216 Å². The minimum Gasteiger partial charge on any atom is -0.493 e. The highest BCUT2D eigenvalue weighted by atomic mass is 32.2. The molecule has 0 aliphatic rings. The molecule has 0 saturated carbocycles. The third-order valence-corrected chi connectivity index (χ3v) is 7.54. The minimum atomic E-state index is -3.62. The van der Waals surface area contributed by atoms with Gasteiger partial charge in [0.05, 0.1) is 29.7 Å². The molecule has 0 unspecified atom stereocenters. The molecule has 1 aromatic heterocycles. The predicted molar refractivity (Wildman–Crippen MR) is 144 cm³/mol. The number of aromatic nitrogens is 1. The fourth-order valence-corrected chi connectivity index (χ4v) is 4.95. The van der Waals surface area contributed by atoms with E-state index in [1.807, 2.05) is 37.4 Å². The number of aliphatic hydroxyl groups excluding tert-OH is 1. The standard InChI is InChI=1S/C28H31N3O5S/c1-3-13-36-27-12-11-20(19-7-6-8-23(15-19)37(34,35)29-2)16-25(27)28(33)31-22(18-32)14-21-17-30-26-10-5-4-9-24(21)26/h4-12,15-17,22,29-30,32H,3,13-14,18H2,1-2H3,(H,31,33)/t22-/m1/s1. The van der Waals surface area contributed by atoms with E-state index in [9.17, 15) is 18.3 Å². The van der Waals surface area contributed by atoms with E-state index < -0.39 is 16.1 Å². The zero-order chi connectivity index (χ0) is 26.4. The van der Waals surface area contributed by atoms with Gasteiger partial charge in [-0.1, -0.05) is 43.3 Å². The van der Waals surface area contributed by atoms with E-state index in [0.717, 1.165) is 22.9 Å². The van der Waals surface area contributed by atoms with Crippen LogP contribution in [-0.2, 0) is 16.4 Å². The second-order valence-corrected chi connectivity index (χ2v) is 10.6. The van der Waals surface area contributed by atoms with Gasteiger partial charge in [0.15, 0.2) is 0 Å². The topological polar surface area (TPSA) is 121 Å². The smallest absolute Gasteiger partial charge is 0.255 e. The number of amides is 1. The highest BCUT2D eigenvalue weighted by Gasteiger charge is 2.20. The molecular formula is C28H31N3O5S. The monoisotopic (exact) mass is 521 g/mol. The van der Waals surface area contributed by atoms with Gasteiger partial charge < -0.3 is 20.1 Å². The molecule has 8 nitrogen and oxygen atoms in total. The third kappa shape index (κ3) is 6.02. The Hall–Kier alpha value is -3.66. The van der Waals surface area contributed by atoms with Crippen molar-refractivity contribution in [2.75, 3.05) is 20.3 Å². The molecule has 37 heavy (non-hydrogen) atoms. The molecule has 0 spiro atoms. The van der Waals surface area contributed by atoms with Gasteiger partial charge in [-0.2, -0.15) is 0 Å². The van der Waals surface area contributed by atoms with Gasteiger partial charge in [0.2, 0.25) is 10.0 Å². The number of aromatic amines is 1. The summed E-state index contributed by atoms with van der Waals surface area (Å²) in [6.07, 6.45) is 3.11. The van der Waals surface area contributed by atoms with Crippen LogP contribution in [0.1, 0.15) is 29.3 Å². The summed E-state index contributed by atoms with van der Waals surface area (Å²) < 4.78 is 32.7. The van der Waals surface area contributed by atoms with Gasteiger partial charge in [-0.25, -0.2) is 13.1 Å². The number of rotatable bonds is 11.